The Kier molecular flexibility index (Phi) is 3.04. The van der Waals surface area contributed by atoms with E-state index in [1.54, 1.807) is 21.3 Å². The SMILES string of the molecule is COc1cccc([C@]23CNC[C@H]2CC3(OC)OC)c1. The van der Waals surface area contributed by atoms with Gasteiger partial charge in [0.05, 0.1) is 12.5 Å². The van der Waals surface area contributed by atoms with Gasteiger partial charge in [0.15, 0.2) is 5.79 Å². The number of hydrogen-bond acceptors (Lipinski definition) is 4. The Morgan fingerprint density at radius 1 is 1.21 bits per heavy atom. The molecule has 1 N–H and O–H groups in total. The minimum atomic E-state index is -0.520. The van der Waals surface area contributed by atoms with E-state index < -0.39 is 5.79 Å². The molecule has 2 fully saturated rings. The molecular weight excluding hydrogens is 242 g/mol. The zero-order valence-electron chi connectivity index (χ0n) is 11.7. The summed E-state index contributed by atoms with van der Waals surface area (Å²) < 4.78 is 16.9. The molecule has 1 heterocycles. The third kappa shape index (κ3) is 1.51. The summed E-state index contributed by atoms with van der Waals surface area (Å²) >= 11 is 0. The molecule has 1 saturated heterocycles. The highest BCUT2D eigenvalue weighted by molar-refractivity contribution is 5.42. The van der Waals surface area contributed by atoms with Gasteiger partial charge in [-0.3, -0.25) is 0 Å². The normalized spacial score (nSPS) is 31.6. The fraction of sp³-hybridized carbons (Fsp3) is 0.600. The average molecular weight is 263 g/mol. The fourth-order valence-corrected chi connectivity index (χ4v) is 3.90. The van der Waals surface area contributed by atoms with Gasteiger partial charge in [0.1, 0.15) is 5.75 Å². The molecule has 0 spiro atoms. The van der Waals surface area contributed by atoms with Crippen molar-refractivity contribution in [1.82, 2.24) is 5.32 Å². The minimum absolute atomic E-state index is 0.106. The molecule has 4 nitrogen and oxygen atoms in total. The van der Waals surface area contributed by atoms with Gasteiger partial charge < -0.3 is 19.5 Å². The summed E-state index contributed by atoms with van der Waals surface area (Å²) in [6.07, 6.45) is 0.935. The summed E-state index contributed by atoms with van der Waals surface area (Å²) in [7, 11) is 5.17. The highest BCUT2D eigenvalue weighted by Gasteiger charge is 2.69. The van der Waals surface area contributed by atoms with E-state index in [9.17, 15) is 0 Å². The molecule has 0 aromatic heterocycles. The van der Waals surface area contributed by atoms with Crippen LogP contribution >= 0.6 is 0 Å². The molecule has 0 radical (unpaired) electrons. The second-order valence-electron chi connectivity index (χ2n) is 5.40. The first kappa shape index (κ1) is 12.9. The fourth-order valence-electron chi connectivity index (χ4n) is 3.90. The van der Waals surface area contributed by atoms with Crippen molar-refractivity contribution < 1.29 is 14.2 Å². The summed E-state index contributed by atoms with van der Waals surface area (Å²) in [5.74, 6) is 0.915. The molecular formula is C15H21NO3. The molecule has 4 heteroatoms. The van der Waals surface area contributed by atoms with Crippen molar-refractivity contribution in [3.63, 3.8) is 0 Å². The highest BCUT2D eigenvalue weighted by Crippen LogP contribution is 2.60. The summed E-state index contributed by atoms with van der Waals surface area (Å²) in [5.41, 5.74) is 1.13. The maximum atomic E-state index is 5.77. The average Bonchev–Trinajstić information content (AvgIpc) is 2.80. The van der Waals surface area contributed by atoms with Crippen LogP contribution in [0.4, 0.5) is 0 Å². The Morgan fingerprint density at radius 3 is 2.63 bits per heavy atom. The largest absolute Gasteiger partial charge is 0.497 e. The van der Waals surface area contributed by atoms with E-state index >= 15 is 0 Å². The first-order valence-electron chi connectivity index (χ1n) is 6.68. The first-order chi connectivity index (χ1) is 9.22. The smallest absolute Gasteiger partial charge is 0.179 e. The number of hydrogen-bond donors (Lipinski definition) is 1. The van der Waals surface area contributed by atoms with Crippen LogP contribution in [0, 0.1) is 5.92 Å². The lowest BCUT2D eigenvalue weighted by Gasteiger charge is -2.59. The van der Waals surface area contributed by atoms with E-state index in [4.69, 9.17) is 14.2 Å². The zero-order chi connectivity index (χ0) is 13.5. The molecule has 3 rings (SSSR count). The molecule has 0 bridgehead atoms. The maximum absolute atomic E-state index is 5.77. The number of rotatable bonds is 4. The Bertz CT molecular complexity index is 472. The Labute approximate surface area is 114 Å². The van der Waals surface area contributed by atoms with Crippen LogP contribution in [0.15, 0.2) is 24.3 Å². The minimum Gasteiger partial charge on any atom is -0.497 e. The van der Waals surface area contributed by atoms with Gasteiger partial charge in [0, 0.05) is 27.2 Å². The third-order valence-electron chi connectivity index (χ3n) is 4.93. The quantitative estimate of drug-likeness (QED) is 0.837. The van der Waals surface area contributed by atoms with Gasteiger partial charge >= 0.3 is 0 Å². The van der Waals surface area contributed by atoms with Gasteiger partial charge in [-0.1, -0.05) is 12.1 Å². The van der Waals surface area contributed by atoms with E-state index in [-0.39, 0.29) is 5.41 Å². The molecule has 1 saturated carbocycles. The molecule has 104 valence electrons. The lowest BCUT2D eigenvalue weighted by atomic mass is 9.53. The number of benzene rings is 1. The van der Waals surface area contributed by atoms with E-state index in [0.29, 0.717) is 5.92 Å². The van der Waals surface area contributed by atoms with Gasteiger partial charge in [-0.2, -0.15) is 0 Å². The van der Waals surface area contributed by atoms with Crippen LogP contribution < -0.4 is 10.1 Å². The highest BCUT2D eigenvalue weighted by atomic mass is 16.7. The predicted molar refractivity (Wildman–Crippen MR) is 72.4 cm³/mol. The van der Waals surface area contributed by atoms with Crippen molar-refractivity contribution in [2.75, 3.05) is 34.4 Å². The zero-order valence-corrected chi connectivity index (χ0v) is 11.7. The Hall–Kier alpha value is -1.10. The van der Waals surface area contributed by atoms with Crippen molar-refractivity contribution in [2.45, 2.75) is 17.6 Å². The van der Waals surface area contributed by atoms with Crippen LogP contribution in [-0.4, -0.2) is 40.2 Å². The van der Waals surface area contributed by atoms with Crippen molar-refractivity contribution in [3.8, 4) is 5.75 Å². The monoisotopic (exact) mass is 263 g/mol. The molecule has 0 amide bonds. The molecule has 1 aromatic rings. The number of methoxy groups -OCH3 is 3. The lowest BCUT2D eigenvalue weighted by Crippen LogP contribution is -2.68. The molecule has 2 atom stereocenters. The van der Waals surface area contributed by atoms with Crippen molar-refractivity contribution in [1.29, 1.82) is 0 Å². The molecule has 19 heavy (non-hydrogen) atoms. The van der Waals surface area contributed by atoms with Crippen LogP contribution in [0.3, 0.4) is 0 Å². The van der Waals surface area contributed by atoms with Gasteiger partial charge in [-0.25, -0.2) is 0 Å². The van der Waals surface area contributed by atoms with Crippen LogP contribution in [-0.2, 0) is 14.9 Å². The second kappa shape index (κ2) is 4.47. The van der Waals surface area contributed by atoms with Gasteiger partial charge in [0.2, 0.25) is 0 Å². The molecule has 1 aliphatic carbocycles. The molecule has 1 aliphatic heterocycles. The maximum Gasteiger partial charge on any atom is 0.179 e. The summed E-state index contributed by atoms with van der Waals surface area (Å²) in [4.78, 5) is 0. The molecule has 2 aliphatic rings. The van der Waals surface area contributed by atoms with Crippen LogP contribution in [0.1, 0.15) is 12.0 Å². The van der Waals surface area contributed by atoms with E-state index in [1.807, 2.05) is 12.1 Å². The van der Waals surface area contributed by atoms with Crippen LogP contribution in [0.5, 0.6) is 5.75 Å². The van der Waals surface area contributed by atoms with E-state index in [0.717, 1.165) is 25.3 Å². The van der Waals surface area contributed by atoms with E-state index in [2.05, 4.69) is 17.4 Å². The molecule has 1 aromatic carbocycles. The van der Waals surface area contributed by atoms with Crippen molar-refractivity contribution in [2.24, 2.45) is 5.92 Å². The standard InChI is InChI=1S/C15H21NO3/c1-17-13-6-4-5-11(7-13)14-10-16-9-12(14)8-15(14,18-2)19-3/h4-7,12,16H,8-10H2,1-3H3/t12-,14-/m1/s1. The second-order valence-corrected chi connectivity index (χ2v) is 5.40. The van der Waals surface area contributed by atoms with Gasteiger partial charge in [0.25, 0.3) is 0 Å². The predicted octanol–water partition coefficient (Wildman–Crippen LogP) is 1.55. The van der Waals surface area contributed by atoms with Crippen LogP contribution in [0.25, 0.3) is 0 Å². The number of nitrogens with one attached hydrogen (secondary N) is 1. The van der Waals surface area contributed by atoms with Gasteiger partial charge in [-0.15, -0.1) is 0 Å². The topological polar surface area (TPSA) is 39.7 Å². The summed E-state index contributed by atoms with van der Waals surface area (Å²) in [6, 6.07) is 8.25. The Morgan fingerprint density at radius 2 is 2.00 bits per heavy atom. The van der Waals surface area contributed by atoms with Crippen molar-refractivity contribution >= 4 is 0 Å². The Balaban J connectivity index is 2.07. The first-order valence-corrected chi connectivity index (χ1v) is 6.68. The lowest BCUT2D eigenvalue weighted by molar-refractivity contribution is -0.314. The number of fused-ring (bicyclic) bond motifs is 1. The van der Waals surface area contributed by atoms with Gasteiger partial charge in [-0.05, 0) is 30.2 Å². The number of ether oxygens (including phenoxy) is 3. The van der Waals surface area contributed by atoms with Crippen molar-refractivity contribution in [3.05, 3.63) is 29.8 Å². The third-order valence-corrected chi connectivity index (χ3v) is 4.93. The molecule has 0 unspecified atom stereocenters. The summed E-state index contributed by atoms with van der Waals surface area (Å²) in [6.45, 7) is 1.90. The van der Waals surface area contributed by atoms with Crippen LogP contribution in [0.2, 0.25) is 0 Å². The van der Waals surface area contributed by atoms with E-state index in [1.165, 1.54) is 5.56 Å². The summed E-state index contributed by atoms with van der Waals surface area (Å²) in [5, 5.41) is 3.48.